The van der Waals surface area contributed by atoms with Gasteiger partial charge in [-0.25, -0.2) is 4.79 Å². The summed E-state index contributed by atoms with van der Waals surface area (Å²) in [6.45, 7) is 2.31. The first-order chi connectivity index (χ1) is 14.5. The van der Waals surface area contributed by atoms with Crippen LogP contribution >= 0.6 is 0 Å². The van der Waals surface area contributed by atoms with E-state index < -0.39 is 17.2 Å². The summed E-state index contributed by atoms with van der Waals surface area (Å²) in [6.07, 6.45) is 0. The van der Waals surface area contributed by atoms with Gasteiger partial charge in [-0.15, -0.1) is 0 Å². The number of nitrogens with zero attached hydrogens (tertiary/aromatic N) is 2. The van der Waals surface area contributed by atoms with Gasteiger partial charge in [0.25, 0.3) is 11.5 Å². The number of anilines is 1. The molecule has 1 fully saturated rings. The molecule has 0 saturated carbocycles. The number of benzene rings is 2. The Labute approximate surface area is 172 Å². The minimum atomic E-state index is -0.750. The zero-order valence-electron chi connectivity index (χ0n) is 16.2. The molecular weight excluding hydrogens is 382 g/mol. The summed E-state index contributed by atoms with van der Waals surface area (Å²) >= 11 is 0. The standard InChI is InChI=1S/C22H21N5O3/c23-17-18(24-22(30)25-20(17)28)21(29)27-11-9-26(10-12-27)19-15-7-3-1-5-13(15)14-6-2-4-8-16(14)19/h1-8,19H,9-12,23H2,(H2,24,25,28,30). The van der Waals surface area contributed by atoms with Crippen molar-refractivity contribution in [2.24, 2.45) is 0 Å². The predicted molar refractivity (Wildman–Crippen MR) is 113 cm³/mol. The summed E-state index contributed by atoms with van der Waals surface area (Å²) in [6, 6.07) is 17.0. The summed E-state index contributed by atoms with van der Waals surface area (Å²) in [5.41, 5.74) is 8.89. The van der Waals surface area contributed by atoms with Crippen LogP contribution in [0.2, 0.25) is 0 Å². The third-order valence-electron chi connectivity index (χ3n) is 5.96. The van der Waals surface area contributed by atoms with E-state index in [9.17, 15) is 14.4 Å². The zero-order valence-corrected chi connectivity index (χ0v) is 16.2. The van der Waals surface area contributed by atoms with E-state index in [2.05, 4.69) is 58.4 Å². The molecule has 5 rings (SSSR count). The van der Waals surface area contributed by atoms with Gasteiger partial charge in [0.1, 0.15) is 11.4 Å². The molecule has 1 aromatic heterocycles. The first-order valence-electron chi connectivity index (χ1n) is 9.88. The number of carbonyl (C=O) groups excluding carboxylic acids is 1. The highest BCUT2D eigenvalue weighted by molar-refractivity contribution is 5.96. The van der Waals surface area contributed by atoms with E-state index in [0.717, 1.165) is 0 Å². The molecule has 8 nitrogen and oxygen atoms in total. The van der Waals surface area contributed by atoms with Gasteiger partial charge in [-0.3, -0.25) is 19.5 Å². The number of hydrogen-bond donors (Lipinski definition) is 3. The van der Waals surface area contributed by atoms with Crippen LogP contribution < -0.4 is 17.0 Å². The molecule has 8 heteroatoms. The van der Waals surface area contributed by atoms with Gasteiger partial charge in [0.15, 0.2) is 0 Å². The summed E-state index contributed by atoms with van der Waals surface area (Å²) in [7, 11) is 0. The van der Waals surface area contributed by atoms with Crippen LogP contribution in [0.1, 0.15) is 27.7 Å². The van der Waals surface area contributed by atoms with Crippen LogP contribution in [-0.4, -0.2) is 51.9 Å². The molecule has 1 amide bonds. The van der Waals surface area contributed by atoms with E-state index in [1.165, 1.54) is 22.3 Å². The Bertz CT molecular complexity index is 1210. The molecule has 152 valence electrons. The summed E-state index contributed by atoms with van der Waals surface area (Å²) < 4.78 is 0. The summed E-state index contributed by atoms with van der Waals surface area (Å²) in [5, 5.41) is 0. The predicted octanol–water partition coefficient (Wildman–Crippen LogP) is 1.17. The number of H-pyrrole nitrogens is 2. The first kappa shape index (κ1) is 18.4. The molecule has 1 aliphatic heterocycles. The highest BCUT2D eigenvalue weighted by atomic mass is 16.2. The Hall–Kier alpha value is -3.65. The number of carbonyl (C=O) groups is 1. The van der Waals surface area contributed by atoms with Crippen molar-refractivity contribution in [2.75, 3.05) is 31.9 Å². The van der Waals surface area contributed by atoms with Crippen molar-refractivity contribution in [1.82, 2.24) is 19.8 Å². The van der Waals surface area contributed by atoms with Crippen molar-refractivity contribution < 1.29 is 4.79 Å². The maximum Gasteiger partial charge on any atom is 0.326 e. The number of amides is 1. The Morgan fingerprint density at radius 3 is 2.03 bits per heavy atom. The summed E-state index contributed by atoms with van der Waals surface area (Å²) in [4.78, 5) is 44.5. The number of hydrogen-bond acceptors (Lipinski definition) is 5. The lowest BCUT2D eigenvalue weighted by Crippen LogP contribution is -2.50. The van der Waals surface area contributed by atoms with Gasteiger partial charge in [-0.05, 0) is 22.3 Å². The van der Waals surface area contributed by atoms with Crippen molar-refractivity contribution >= 4 is 11.6 Å². The van der Waals surface area contributed by atoms with E-state index in [0.29, 0.717) is 26.2 Å². The van der Waals surface area contributed by atoms with E-state index >= 15 is 0 Å². The van der Waals surface area contributed by atoms with Gasteiger partial charge in [0.05, 0.1) is 6.04 Å². The smallest absolute Gasteiger partial charge is 0.326 e. The number of nitrogens with two attached hydrogens (primary N) is 1. The van der Waals surface area contributed by atoms with Crippen LogP contribution in [0, 0.1) is 0 Å². The van der Waals surface area contributed by atoms with E-state index in [-0.39, 0.29) is 17.4 Å². The molecule has 1 saturated heterocycles. The number of aromatic amines is 2. The third kappa shape index (κ3) is 2.84. The lowest BCUT2D eigenvalue weighted by Gasteiger charge is -2.38. The fourth-order valence-corrected chi connectivity index (χ4v) is 4.53. The van der Waals surface area contributed by atoms with Crippen molar-refractivity contribution in [3.8, 4) is 11.1 Å². The second kappa shape index (κ2) is 7.00. The molecule has 1 aliphatic carbocycles. The monoisotopic (exact) mass is 403 g/mol. The second-order valence-corrected chi connectivity index (χ2v) is 7.60. The zero-order chi connectivity index (χ0) is 20.8. The Morgan fingerprint density at radius 2 is 1.43 bits per heavy atom. The normalized spacial score (nSPS) is 16.3. The van der Waals surface area contributed by atoms with Crippen LogP contribution in [0.3, 0.4) is 0 Å². The molecular formula is C22H21N5O3. The van der Waals surface area contributed by atoms with Crippen molar-refractivity contribution in [3.63, 3.8) is 0 Å². The maximum absolute atomic E-state index is 12.9. The number of fused-ring (bicyclic) bond motifs is 3. The van der Waals surface area contributed by atoms with E-state index in [1.54, 1.807) is 4.90 Å². The van der Waals surface area contributed by atoms with Gasteiger partial charge in [-0.1, -0.05) is 48.5 Å². The van der Waals surface area contributed by atoms with Crippen molar-refractivity contribution in [3.05, 3.63) is 86.2 Å². The van der Waals surface area contributed by atoms with Gasteiger partial charge in [0.2, 0.25) is 0 Å². The molecule has 4 N–H and O–H groups in total. The Kier molecular flexibility index (Phi) is 4.29. The van der Waals surface area contributed by atoms with Crippen LogP contribution in [0.15, 0.2) is 58.1 Å². The van der Waals surface area contributed by atoms with Gasteiger partial charge in [-0.2, -0.15) is 0 Å². The van der Waals surface area contributed by atoms with Crippen molar-refractivity contribution in [2.45, 2.75) is 6.04 Å². The highest BCUT2D eigenvalue weighted by Crippen LogP contribution is 2.46. The molecule has 0 unspecified atom stereocenters. The minimum absolute atomic E-state index is 0.145. The highest BCUT2D eigenvalue weighted by Gasteiger charge is 2.35. The lowest BCUT2D eigenvalue weighted by atomic mass is 10.0. The molecule has 0 atom stereocenters. The largest absolute Gasteiger partial charge is 0.392 e. The van der Waals surface area contributed by atoms with Crippen molar-refractivity contribution in [1.29, 1.82) is 0 Å². The minimum Gasteiger partial charge on any atom is -0.392 e. The molecule has 2 aliphatic rings. The van der Waals surface area contributed by atoms with Crippen LogP contribution in [0.5, 0.6) is 0 Å². The quantitative estimate of drug-likeness (QED) is 0.594. The molecule has 2 heterocycles. The van der Waals surface area contributed by atoms with Gasteiger partial charge >= 0.3 is 5.69 Å². The SMILES string of the molecule is Nc1c(C(=O)N2CCN(C3c4ccccc4-c4ccccc43)CC2)[nH]c(=O)[nH]c1=O. The average Bonchev–Trinajstić information content (AvgIpc) is 3.10. The van der Waals surface area contributed by atoms with E-state index in [1.807, 2.05) is 4.98 Å². The Balaban J connectivity index is 1.39. The molecule has 30 heavy (non-hydrogen) atoms. The number of rotatable bonds is 2. The fourth-order valence-electron chi connectivity index (χ4n) is 4.53. The Morgan fingerprint density at radius 1 is 0.867 bits per heavy atom. The average molecular weight is 403 g/mol. The number of aromatic nitrogens is 2. The molecule has 0 spiro atoms. The summed E-state index contributed by atoms with van der Waals surface area (Å²) in [5.74, 6) is -0.428. The van der Waals surface area contributed by atoms with Crippen LogP contribution in [0.4, 0.5) is 5.69 Å². The third-order valence-corrected chi connectivity index (χ3v) is 5.96. The number of nitrogens with one attached hydrogen (secondary N) is 2. The van der Waals surface area contributed by atoms with E-state index in [4.69, 9.17) is 5.73 Å². The maximum atomic E-state index is 12.9. The number of nitrogen functional groups attached to an aromatic ring is 1. The molecule has 0 radical (unpaired) electrons. The molecule has 3 aromatic rings. The second-order valence-electron chi connectivity index (χ2n) is 7.60. The van der Waals surface area contributed by atoms with Gasteiger partial charge < -0.3 is 15.6 Å². The molecule has 2 aromatic carbocycles. The van der Waals surface area contributed by atoms with Gasteiger partial charge in [0, 0.05) is 26.2 Å². The van der Waals surface area contributed by atoms with Crippen LogP contribution in [0.25, 0.3) is 11.1 Å². The number of piperazine rings is 1. The fraction of sp³-hybridized carbons (Fsp3) is 0.227. The lowest BCUT2D eigenvalue weighted by molar-refractivity contribution is 0.0595. The van der Waals surface area contributed by atoms with Crippen LogP contribution in [-0.2, 0) is 0 Å². The molecule has 0 bridgehead atoms. The first-order valence-corrected chi connectivity index (χ1v) is 9.88. The topological polar surface area (TPSA) is 115 Å².